The van der Waals surface area contributed by atoms with E-state index in [0.29, 0.717) is 13.0 Å². The van der Waals surface area contributed by atoms with Crippen LogP contribution < -0.4 is 4.84 Å². The Morgan fingerprint density at radius 1 is 1.16 bits per heavy atom. The second kappa shape index (κ2) is 7.71. The summed E-state index contributed by atoms with van der Waals surface area (Å²) in [6.07, 6.45) is 1.16. The monoisotopic (exact) mass is 416 g/mol. The van der Waals surface area contributed by atoms with E-state index in [0.717, 1.165) is 45.2 Å². The maximum absolute atomic E-state index is 11.7. The minimum Gasteiger partial charge on any atom is -0.481 e. The molecule has 0 bridgehead atoms. The molecule has 158 valence electrons. The zero-order valence-electron chi connectivity index (χ0n) is 17.4. The van der Waals surface area contributed by atoms with Crippen LogP contribution in [0.15, 0.2) is 60.7 Å². The fourth-order valence-corrected chi connectivity index (χ4v) is 4.63. The first-order valence-electron chi connectivity index (χ1n) is 10.6. The molecule has 0 amide bonds. The molecule has 6 nitrogen and oxygen atoms in total. The van der Waals surface area contributed by atoms with Gasteiger partial charge in [-0.25, -0.2) is 4.98 Å². The predicted molar refractivity (Wildman–Crippen MR) is 118 cm³/mol. The molecule has 1 aliphatic heterocycles. The maximum atomic E-state index is 11.7. The van der Waals surface area contributed by atoms with E-state index in [1.54, 1.807) is 4.73 Å². The third-order valence-corrected chi connectivity index (χ3v) is 6.10. The minimum atomic E-state index is -0.921. The minimum absolute atomic E-state index is 0.107. The van der Waals surface area contributed by atoms with Crippen LogP contribution in [0.3, 0.4) is 0 Å². The van der Waals surface area contributed by atoms with Gasteiger partial charge in [0.05, 0.1) is 35.4 Å². The van der Waals surface area contributed by atoms with Crippen molar-refractivity contribution in [3.8, 4) is 0 Å². The van der Waals surface area contributed by atoms with Crippen molar-refractivity contribution in [1.82, 2.24) is 9.71 Å². The van der Waals surface area contributed by atoms with Crippen molar-refractivity contribution < 1.29 is 19.5 Å². The number of hydrogen-bond acceptors (Lipinski definition) is 4. The van der Waals surface area contributed by atoms with Gasteiger partial charge in [0.25, 0.3) is 0 Å². The Morgan fingerprint density at radius 2 is 1.97 bits per heavy atom. The lowest BCUT2D eigenvalue weighted by atomic mass is 9.86. The van der Waals surface area contributed by atoms with Crippen LogP contribution in [0.1, 0.15) is 36.7 Å². The number of nitrogens with zero attached hydrogens (tertiary/aromatic N) is 2. The fourth-order valence-electron chi connectivity index (χ4n) is 4.63. The summed E-state index contributed by atoms with van der Waals surface area (Å²) in [5.41, 5.74) is 3.64. The Balaban J connectivity index is 1.60. The lowest BCUT2D eigenvalue weighted by Gasteiger charge is -2.36. The largest absolute Gasteiger partial charge is 0.481 e. The second-order valence-electron chi connectivity index (χ2n) is 7.92. The number of hydrogen-bond donors (Lipinski definition) is 1. The van der Waals surface area contributed by atoms with Crippen LogP contribution in [0.5, 0.6) is 0 Å². The first-order valence-corrected chi connectivity index (χ1v) is 10.6. The van der Waals surface area contributed by atoms with E-state index in [4.69, 9.17) is 14.6 Å². The molecule has 0 saturated heterocycles. The number of pyridine rings is 1. The van der Waals surface area contributed by atoms with E-state index in [1.165, 1.54) is 0 Å². The van der Waals surface area contributed by atoms with Gasteiger partial charge in [-0.2, -0.15) is 4.73 Å². The van der Waals surface area contributed by atoms with Gasteiger partial charge in [0.1, 0.15) is 5.60 Å². The molecule has 31 heavy (non-hydrogen) atoms. The first kappa shape index (κ1) is 19.6. The van der Waals surface area contributed by atoms with Crippen LogP contribution in [0.25, 0.3) is 21.8 Å². The molecular formula is C25H24N2O4. The van der Waals surface area contributed by atoms with Crippen LogP contribution in [0.2, 0.25) is 0 Å². The van der Waals surface area contributed by atoms with Crippen molar-refractivity contribution in [2.45, 2.75) is 38.4 Å². The molecule has 5 rings (SSSR count). The third-order valence-electron chi connectivity index (χ3n) is 6.10. The number of carboxylic acid groups (broad SMARTS) is 1. The number of aromatic nitrogens is 2. The highest BCUT2D eigenvalue weighted by Crippen LogP contribution is 2.43. The van der Waals surface area contributed by atoms with Crippen LogP contribution in [-0.4, -0.2) is 27.4 Å². The average molecular weight is 416 g/mol. The van der Waals surface area contributed by atoms with E-state index in [1.807, 2.05) is 61.5 Å². The summed E-state index contributed by atoms with van der Waals surface area (Å²) < 4.78 is 7.92. The van der Waals surface area contributed by atoms with Gasteiger partial charge in [0.15, 0.2) is 6.61 Å². The molecule has 0 fully saturated rings. The Kier molecular flexibility index (Phi) is 4.87. The van der Waals surface area contributed by atoms with Gasteiger partial charge in [-0.3, -0.25) is 4.79 Å². The SMILES string of the molecule is CCC1(CC(=O)O)OCCc2c1n(OCc1ccc3ccccc3n1)c1ccccc21. The zero-order valence-corrected chi connectivity index (χ0v) is 17.4. The highest BCUT2D eigenvalue weighted by Gasteiger charge is 2.43. The van der Waals surface area contributed by atoms with Gasteiger partial charge in [0.2, 0.25) is 0 Å². The van der Waals surface area contributed by atoms with Crippen molar-refractivity contribution in [1.29, 1.82) is 0 Å². The summed E-state index contributed by atoms with van der Waals surface area (Å²) in [7, 11) is 0. The van der Waals surface area contributed by atoms with E-state index >= 15 is 0 Å². The standard InChI is InChI=1S/C25H24N2O4/c1-2-25(15-23(28)29)24-20(13-14-30-25)19-8-4-6-10-22(19)27(24)31-16-18-12-11-17-7-3-5-9-21(17)26-18/h3-12H,2,13-16H2,1H3,(H,28,29). The fraction of sp³-hybridized carbons (Fsp3) is 0.280. The van der Waals surface area contributed by atoms with Crippen molar-refractivity contribution in [3.05, 3.63) is 77.6 Å². The van der Waals surface area contributed by atoms with Gasteiger partial charge in [-0.1, -0.05) is 49.4 Å². The summed E-state index contributed by atoms with van der Waals surface area (Å²) >= 11 is 0. The number of rotatable bonds is 6. The molecule has 1 N–H and O–H groups in total. The molecule has 1 aliphatic rings. The van der Waals surface area contributed by atoms with Crippen molar-refractivity contribution >= 4 is 27.8 Å². The van der Waals surface area contributed by atoms with Gasteiger partial charge in [0, 0.05) is 10.8 Å². The number of carboxylic acids is 1. The van der Waals surface area contributed by atoms with Gasteiger partial charge >= 0.3 is 5.97 Å². The summed E-state index contributed by atoms with van der Waals surface area (Å²) in [5.74, 6) is -0.886. The molecule has 4 aromatic rings. The molecule has 0 spiro atoms. The van der Waals surface area contributed by atoms with Crippen LogP contribution in [0, 0.1) is 0 Å². The number of benzene rings is 2. The highest BCUT2D eigenvalue weighted by molar-refractivity contribution is 5.86. The number of ether oxygens (including phenoxy) is 1. The van der Waals surface area contributed by atoms with Crippen molar-refractivity contribution in [2.24, 2.45) is 0 Å². The van der Waals surface area contributed by atoms with E-state index < -0.39 is 11.6 Å². The van der Waals surface area contributed by atoms with Crippen LogP contribution >= 0.6 is 0 Å². The lowest BCUT2D eigenvalue weighted by Crippen LogP contribution is -2.40. The zero-order chi connectivity index (χ0) is 21.4. The molecule has 3 heterocycles. The number of carbonyl (C=O) groups is 1. The Hall–Kier alpha value is -3.38. The molecule has 0 aliphatic carbocycles. The summed E-state index contributed by atoms with van der Waals surface area (Å²) in [6.45, 7) is 2.72. The van der Waals surface area contributed by atoms with Gasteiger partial charge < -0.3 is 14.7 Å². The van der Waals surface area contributed by atoms with Crippen LogP contribution in [0.4, 0.5) is 0 Å². The van der Waals surface area contributed by atoms with Crippen LogP contribution in [-0.2, 0) is 28.2 Å². The van der Waals surface area contributed by atoms with Crippen molar-refractivity contribution in [3.63, 3.8) is 0 Å². The number of aliphatic carboxylic acids is 1. The topological polar surface area (TPSA) is 73.6 Å². The summed E-state index contributed by atoms with van der Waals surface area (Å²) in [5, 5.41) is 11.8. The maximum Gasteiger partial charge on any atom is 0.306 e. The van der Waals surface area contributed by atoms with E-state index in [-0.39, 0.29) is 13.0 Å². The smallest absolute Gasteiger partial charge is 0.306 e. The molecule has 6 heteroatoms. The van der Waals surface area contributed by atoms with Gasteiger partial charge in [-0.15, -0.1) is 0 Å². The molecular weight excluding hydrogens is 392 g/mol. The molecule has 0 radical (unpaired) electrons. The quantitative estimate of drug-likeness (QED) is 0.502. The number of fused-ring (bicyclic) bond motifs is 4. The Bertz CT molecular complexity index is 1280. The Labute approximate surface area is 180 Å². The molecule has 1 atom stereocenters. The van der Waals surface area contributed by atoms with Gasteiger partial charge in [-0.05, 0) is 36.6 Å². The first-order chi connectivity index (χ1) is 15.1. The molecule has 2 aromatic carbocycles. The highest BCUT2D eigenvalue weighted by atomic mass is 16.7. The Morgan fingerprint density at radius 3 is 2.81 bits per heavy atom. The van der Waals surface area contributed by atoms with E-state index in [9.17, 15) is 9.90 Å². The summed E-state index contributed by atoms with van der Waals surface area (Å²) in [6, 6.07) is 20.0. The average Bonchev–Trinajstić information content (AvgIpc) is 3.12. The van der Waals surface area contributed by atoms with E-state index in [2.05, 4.69) is 6.07 Å². The van der Waals surface area contributed by atoms with Crippen molar-refractivity contribution in [2.75, 3.05) is 6.61 Å². The molecule has 1 unspecified atom stereocenters. The third kappa shape index (κ3) is 3.33. The number of para-hydroxylation sites is 2. The summed E-state index contributed by atoms with van der Waals surface area (Å²) in [4.78, 5) is 22.8. The molecule has 0 saturated carbocycles. The molecule has 2 aromatic heterocycles. The lowest BCUT2D eigenvalue weighted by molar-refractivity contribution is -0.150. The predicted octanol–water partition coefficient (Wildman–Crippen LogP) is 4.47. The second-order valence-corrected chi connectivity index (χ2v) is 7.92. The normalized spacial score (nSPS) is 18.2.